The molecule has 0 bridgehead atoms. The van der Waals surface area contributed by atoms with Crippen LogP contribution in [0, 0.1) is 0 Å². The van der Waals surface area contributed by atoms with Gasteiger partial charge in [-0.25, -0.2) is 0 Å². The van der Waals surface area contributed by atoms with Crippen molar-refractivity contribution in [3.8, 4) is 0 Å². The number of carbonyl (C=O) groups is 1. The van der Waals surface area contributed by atoms with Gasteiger partial charge in [0.05, 0.1) is 0 Å². The Morgan fingerprint density at radius 2 is 2.30 bits per heavy atom. The largest absolute Gasteiger partial charge is 0.369 e. The first-order valence-electron chi connectivity index (χ1n) is 7.27. The van der Waals surface area contributed by atoms with E-state index in [1.165, 1.54) is 25.0 Å². The van der Waals surface area contributed by atoms with Gasteiger partial charge in [-0.05, 0) is 37.1 Å². The second kappa shape index (κ2) is 8.09. The Bertz CT molecular complexity index is 418. The van der Waals surface area contributed by atoms with Gasteiger partial charge in [0, 0.05) is 18.3 Å². The summed E-state index contributed by atoms with van der Waals surface area (Å²) in [6, 6.07) is 3.52. The topological polar surface area (TPSA) is 66.9 Å². The van der Waals surface area contributed by atoms with Crippen molar-refractivity contribution >= 4 is 23.5 Å². The van der Waals surface area contributed by atoms with E-state index < -0.39 is 0 Å². The zero-order valence-electron chi connectivity index (χ0n) is 11.9. The van der Waals surface area contributed by atoms with Crippen molar-refractivity contribution in [2.24, 2.45) is 0 Å². The lowest BCUT2D eigenvalue weighted by Crippen LogP contribution is -2.32. The van der Waals surface area contributed by atoms with Crippen molar-refractivity contribution in [3.05, 3.63) is 17.8 Å². The molecule has 1 aromatic heterocycles. The molecule has 110 valence electrons. The van der Waals surface area contributed by atoms with Crippen LogP contribution >= 0.6 is 11.8 Å². The lowest BCUT2D eigenvalue weighted by molar-refractivity contribution is 0.0947. The minimum atomic E-state index is -0.134. The summed E-state index contributed by atoms with van der Waals surface area (Å²) in [5, 5.41) is 14.6. The van der Waals surface area contributed by atoms with E-state index in [0.29, 0.717) is 16.8 Å². The summed E-state index contributed by atoms with van der Waals surface area (Å²) in [7, 11) is 0. The van der Waals surface area contributed by atoms with Gasteiger partial charge in [0.2, 0.25) is 0 Å². The number of nitrogens with one attached hydrogen (secondary N) is 2. The van der Waals surface area contributed by atoms with Gasteiger partial charge in [0.1, 0.15) is 5.82 Å². The molecule has 0 aliphatic carbocycles. The van der Waals surface area contributed by atoms with Gasteiger partial charge in [-0.2, -0.15) is 11.8 Å². The molecular weight excluding hydrogens is 272 g/mol. The summed E-state index contributed by atoms with van der Waals surface area (Å²) in [5.74, 6) is 1.79. The lowest BCUT2D eigenvalue weighted by atomic mass is 10.2. The normalized spacial score (nSPS) is 18.6. The fourth-order valence-electron chi connectivity index (χ4n) is 2.07. The molecule has 5 nitrogen and oxygen atoms in total. The molecule has 1 atom stereocenters. The number of hydrogen-bond donors (Lipinski definition) is 2. The van der Waals surface area contributed by atoms with Crippen molar-refractivity contribution in [2.75, 3.05) is 24.2 Å². The quantitative estimate of drug-likeness (QED) is 0.843. The molecule has 2 heterocycles. The average Bonchev–Trinajstić information content (AvgIpc) is 2.52. The Kier molecular flexibility index (Phi) is 6.11. The second-order valence-corrected chi connectivity index (χ2v) is 6.34. The maximum Gasteiger partial charge on any atom is 0.271 e. The molecule has 1 saturated heterocycles. The van der Waals surface area contributed by atoms with E-state index in [-0.39, 0.29) is 5.91 Å². The van der Waals surface area contributed by atoms with Gasteiger partial charge in [-0.15, -0.1) is 10.2 Å². The van der Waals surface area contributed by atoms with E-state index in [1.54, 1.807) is 12.1 Å². The Morgan fingerprint density at radius 3 is 2.95 bits per heavy atom. The summed E-state index contributed by atoms with van der Waals surface area (Å²) in [6.45, 7) is 3.67. The van der Waals surface area contributed by atoms with Crippen molar-refractivity contribution in [3.63, 3.8) is 0 Å². The molecule has 2 N–H and O–H groups in total. The van der Waals surface area contributed by atoms with Crippen LogP contribution in [0.4, 0.5) is 5.82 Å². The summed E-state index contributed by atoms with van der Waals surface area (Å²) in [6.07, 6.45) is 4.79. The third kappa shape index (κ3) is 4.67. The number of aromatic nitrogens is 2. The predicted octanol–water partition coefficient (Wildman–Crippen LogP) is 2.31. The molecule has 0 aromatic carbocycles. The predicted molar refractivity (Wildman–Crippen MR) is 83.2 cm³/mol. The molecule has 6 heteroatoms. The third-order valence-corrected chi connectivity index (χ3v) is 4.62. The minimum absolute atomic E-state index is 0.134. The highest BCUT2D eigenvalue weighted by Gasteiger charge is 2.16. The smallest absolute Gasteiger partial charge is 0.271 e. The SMILES string of the molecule is CCCNc1ccc(C(=O)NCC2CCCCS2)nn1. The lowest BCUT2D eigenvalue weighted by Gasteiger charge is -2.21. The van der Waals surface area contributed by atoms with Crippen LogP contribution in [-0.2, 0) is 0 Å². The maximum atomic E-state index is 12.0. The molecular formula is C14H22N4OS. The molecule has 0 radical (unpaired) electrons. The van der Waals surface area contributed by atoms with Gasteiger partial charge < -0.3 is 10.6 Å². The standard InChI is InChI=1S/C14H22N4OS/c1-2-8-15-13-7-6-12(17-18-13)14(19)16-10-11-5-3-4-9-20-11/h6-7,11H,2-5,8-10H2,1H3,(H,15,18)(H,16,19). The van der Waals surface area contributed by atoms with E-state index in [0.717, 1.165) is 19.5 Å². The van der Waals surface area contributed by atoms with Crippen molar-refractivity contribution < 1.29 is 4.79 Å². The molecule has 1 amide bonds. The number of carbonyl (C=O) groups excluding carboxylic acids is 1. The minimum Gasteiger partial charge on any atom is -0.369 e. The number of rotatable bonds is 6. The number of anilines is 1. The maximum absolute atomic E-state index is 12.0. The first-order valence-corrected chi connectivity index (χ1v) is 8.32. The summed E-state index contributed by atoms with van der Waals surface area (Å²) < 4.78 is 0. The monoisotopic (exact) mass is 294 g/mol. The molecule has 1 aliphatic heterocycles. The van der Waals surface area contributed by atoms with Crippen molar-refractivity contribution in [2.45, 2.75) is 37.9 Å². The fourth-order valence-corrected chi connectivity index (χ4v) is 3.30. The summed E-state index contributed by atoms with van der Waals surface area (Å²) in [5.41, 5.74) is 0.382. The first kappa shape index (κ1) is 15.1. The van der Waals surface area contributed by atoms with Crippen LogP contribution in [0.3, 0.4) is 0 Å². The Morgan fingerprint density at radius 1 is 1.40 bits per heavy atom. The van der Waals surface area contributed by atoms with Crippen LogP contribution in [0.2, 0.25) is 0 Å². The number of nitrogens with zero attached hydrogens (tertiary/aromatic N) is 2. The highest BCUT2D eigenvalue weighted by Crippen LogP contribution is 2.24. The van der Waals surface area contributed by atoms with E-state index >= 15 is 0 Å². The molecule has 1 aliphatic rings. The zero-order valence-corrected chi connectivity index (χ0v) is 12.7. The molecule has 20 heavy (non-hydrogen) atoms. The average molecular weight is 294 g/mol. The highest BCUT2D eigenvalue weighted by atomic mass is 32.2. The van der Waals surface area contributed by atoms with Crippen molar-refractivity contribution in [1.29, 1.82) is 0 Å². The summed E-state index contributed by atoms with van der Waals surface area (Å²) in [4.78, 5) is 12.0. The van der Waals surface area contributed by atoms with Crippen LogP contribution < -0.4 is 10.6 Å². The van der Waals surface area contributed by atoms with Crippen LogP contribution in [-0.4, -0.2) is 40.2 Å². The second-order valence-electron chi connectivity index (χ2n) is 4.93. The molecule has 1 fully saturated rings. The van der Waals surface area contributed by atoms with E-state index in [2.05, 4.69) is 27.8 Å². The van der Waals surface area contributed by atoms with Gasteiger partial charge in [0.15, 0.2) is 5.69 Å². The van der Waals surface area contributed by atoms with Gasteiger partial charge >= 0.3 is 0 Å². The Hall–Kier alpha value is -1.30. The van der Waals surface area contributed by atoms with Crippen LogP contribution in [0.5, 0.6) is 0 Å². The number of hydrogen-bond acceptors (Lipinski definition) is 5. The molecule has 2 rings (SSSR count). The molecule has 0 spiro atoms. The van der Waals surface area contributed by atoms with Crippen LogP contribution in [0.1, 0.15) is 43.1 Å². The van der Waals surface area contributed by atoms with Gasteiger partial charge in [-0.1, -0.05) is 13.3 Å². The highest BCUT2D eigenvalue weighted by molar-refractivity contribution is 7.99. The van der Waals surface area contributed by atoms with E-state index in [4.69, 9.17) is 0 Å². The number of amides is 1. The fraction of sp³-hybridized carbons (Fsp3) is 0.643. The zero-order chi connectivity index (χ0) is 14.2. The summed E-state index contributed by atoms with van der Waals surface area (Å²) >= 11 is 1.95. The van der Waals surface area contributed by atoms with E-state index in [9.17, 15) is 4.79 Å². The molecule has 1 unspecified atom stereocenters. The van der Waals surface area contributed by atoms with Gasteiger partial charge in [0.25, 0.3) is 5.91 Å². The molecule has 1 aromatic rings. The first-order chi connectivity index (χ1) is 9.79. The van der Waals surface area contributed by atoms with E-state index in [1.807, 2.05) is 11.8 Å². The Balaban J connectivity index is 1.79. The Labute approximate surface area is 124 Å². The van der Waals surface area contributed by atoms with Crippen LogP contribution in [0.25, 0.3) is 0 Å². The van der Waals surface area contributed by atoms with Crippen molar-refractivity contribution in [1.82, 2.24) is 15.5 Å². The third-order valence-electron chi connectivity index (χ3n) is 3.22. The molecule has 0 saturated carbocycles. The van der Waals surface area contributed by atoms with Crippen LogP contribution in [0.15, 0.2) is 12.1 Å². The number of thioether (sulfide) groups is 1. The van der Waals surface area contributed by atoms with Gasteiger partial charge in [-0.3, -0.25) is 4.79 Å².